The first-order valence-electron chi connectivity index (χ1n) is 8.61. The van der Waals surface area contributed by atoms with E-state index in [-0.39, 0.29) is 22.8 Å². The molecule has 0 aliphatic rings. The second-order valence-electron chi connectivity index (χ2n) is 5.65. The summed E-state index contributed by atoms with van der Waals surface area (Å²) in [6.07, 6.45) is 0. The van der Waals surface area contributed by atoms with Crippen LogP contribution in [0.3, 0.4) is 0 Å². The van der Waals surface area contributed by atoms with E-state index in [1.165, 1.54) is 11.8 Å². The van der Waals surface area contributed by atoms with Gasteiger partial charge in [-0.3, -0.25) is 9.59 Å². The number of nitrogens with one attached hydrogen (secondary N) is 2. The van der Waals surface area contributed by atoms with Crippen molar-refractivity contribution in [2.45, 2.75) is 19.1 Å². The van der Waals surface area contributed by atoms with E-state index < -0.39 is 0 Å². The van der Waals surface area contributed by atoms with Gasteiger partial charge in [-0.15, -0.1) is 11.8 Å². The third-order valence-electron chi connectivity index (χ3n) is 3.65. The van der Waals surface area contributed by atoms with Crippen LogP contribution in [0.5, 0.6) is 11.5 Å². The van der Waals surface area contributed by atoms with Gasteiger partial charge in [0.25, 0.3) is 0 Å². The summed E-state index contributed by atoms with van der Waals surface area (Å²) in [6.45, 7) is 4.27. The lowest BCUT2D eigenvalue weighted by Crippen LogP contribution is -2.25. The van der Waals surface area contributed by atoms with Gasteiger partial charge in [-0.05, 0) is 50.2 Å². The average Bonchev–Trinajstić information content (AvgIpc) is 2.68. The summed E-state index contributed by atoms with van der Waals surface area (Å²) in [6, 6.07) is 14.4. The zero-order valence-electron chi connectivity index (χ0n) is 15.7. The van der Waals surface area contributed by atoms with Crippen LogP contribution in [0.25, 0.3) is 0 Å². The minimum Gasteiger partial charge on any atom is -0.495 e. The molecule has 0 aliphatic carbocycles. The highest BCUT2D eigenvalue weighted by Crippen LogP contribution is 2.24. The number of amides is 2. The molecule has 144 valence electrons. The van der Waals surface area contributed by atoms with Crippen molar-refractivity contribution in [2.24, 2.45) is 0 Å². The molecule has 2 aromatic carbocycles. The number of carbonyl (C=O) groups is 2. The maximum Gasteiger partial charge on any atom is 0.237 e. The zero-order valence-corrected chi connectivity index (χ0v) is 16.5. The van der Waals surface area contributed by atoms with Gasteiger partial charge in [0.05, 0.1) is 30.4 Å². The molecule has 0 spiro atoms. The Balaban J connectivity index is 1.80. The molecule has 2 rings (SSSR count). The number of rotatable bonds is 9. The van der Waals surface area contributed by atoms with Crippen LogP contribution in [0, 0.1) is 0 Å². The lowest BCUT2D eigenvalue weighted by Gasteiger charge is -2.14. The fourth-order valence-corrected chi connectivity index (χ4v) is 2.94. The Morgan fingerprint density at radius 2 is 1.78 bits per heavy atom. The average molecular weight is 388 g/mol. The lowest BCUT2D eigenvalue weighted by atomic mass is 10.3. The first-order chi connectivity index (χ1) is 13.0. The molecule has 27 heavy (non-hydrogen) atoms. The van der Waals surface area contributed by atoms with Crippen molar-refractivity contribution >= 4 is 35.0 Å². The van der Waals surface area contributed by atoms with Crippen LogP contribution in [-0.4, -0.2) is 36.5 Å². The molecule has 0 fully saturated rings. The first-order valence-corrected chi connectivity index (χ1v) is 9.66. The molecule has 6 nitrogen and oxygen atoms in total. The molecular weight excluding hydrogens is 364 g/mol. The molecule has 0 aromatic heterocycles. The second kappa shape index (κ2) is 10.5. The zero-order chi connectivity index (χ0) is 19.6. The highest BCUT2D eigenvalue weighted by atomic mass is 32.2. The van der Waals surface area contributed by atoms with E-state index in [4.69, 9.17) is 9.47 Å². The van der Waals surface area contributed by atoms with Crippen molar-refractivity contribution in [3.63, 3.8) is 0 Å². The predicted molar refractivity (Wildman–Crippen MR) is 110 cm³/mol. The van der Waals surface area contributed by atoms with E-state index in [1.807, 2.05) is 19.1 Å². The van der Waals surface area contributed by atoms with Crippen molar-refractivity contribution in [1.82, 2.24) is 0 Å². The molecule has 0 bridgehead atoms. The Labute approximate surface area is 163 Å². The lowest BCUT2D eigenvalue weighted by molar-refractivity contribution is -0.115. The van der Waals surface area contributed by atoms with Gasteiger partial charge < -0.3 is 20.1 Å². The summed E-state index contributed by atoms with van der Waals surface area (Å²) in [4.78, 5) is 24.4. The Bertz CT molecular complexity index is 765. The van der Waals surface area contributed by atoms with Crippen molar-refractivity contribution in [3.05, 3.63) is 48.5 Å². The number of hydrogen-bond donors (Lipinski definition) is 2. The molecule has 0 heterocycles. The summed E-state index contributed by atoms with van der Waals surface area (Å²) in [5.74, 6) is 1.18. The van der Waals surface area contributed by atoms with Crippen LogP contribution >= 0.6 is 11.8 Å². The highest BCUT2D eigenvalue weighted by molar-refractivity contribution is 8.01. The van der Waals surface area contributed by atoms with E-state index in [1.54, 1.807) is 50.4 Å². The van der Waals surface area contributed by atoms with Crippen LogP contribution in [0.1, 0.15) is 13.8 Å². The first kappa shape index (κ1) is 20.6. The van der Waals surface area contributed by atoms with Gasteiger partial charge in [0.2, 0.25) is 11.8 Å². The smallest absolute Gasteiger partial charge is 0.237 e. The predicted octanol–water partition coefficient (Wildman–Crippen LogP) is 3.79. The van der Waals surface area contributed by atoms with Gasteiger partial charge in [-0.25, -0.2) is 0 Å². The number of para-hydroxylation sites is 2. The van der Waals surface area contributed by atoms with Crippen molar-refractivity contribution in [1.29, 1.82) is 0 Å². The van der Waals surface area contributed by atoms with Crippen molar-refractivity contribution in [3.8, 4) is 11.5 Å². The van der Waals surface area contributed by atoms with E-state index in [9.17, 15) is 9.59 Å². The molecule has 0 saturated heterocycles. The van der Waals surface area contributed by atoms with Gasteiger partial charge >= 0.3 is 0 Å². The van der Waals surface area contributed by atoms with Gasteiger partial charge in [0, 0.05) is 5.69 Å². The highest BCUT2D eigenvalue weighted by Gasteiger charge is 2.17. The normalized spacial score (nSPS) is 11.4. The molecule has 1 atom stereocenters. The van der Waals surface area contributed by atoms with E-state index in [2.05, 4.69) is 10.6 Å². The molecule has 0 saturated carbocycles. The Kier molecular flexibility index (Phi) is 8.00. The fraction of sp³-hybridized carbons (Fsp3) is 0.300. The van der Waals surface area contributed by atoms with Crippen molar-refractivity contribution in [2.75, 3.05) is 30.1 Å². The summed E-state index contributed by atoms with van der Waals surface area (Å²) in [5.41, 5.74) is 1.30. The van der Waals surface area contributed by atoms with Crippen molar-refractivity contribution < 1.29 is 19.1 Å². The minimum absolute atomic E-state index is 0.166. The van der Waals surface area contributed by atoms with E-state index >= 15 is 0 Å². The van der Waals surface area contributed by atoms with Gasteiger partial charge in [0.15, 0.2) is 0 Å². The Morgan fingerprint density at radius 3 is 2.44 bits per heavy atom. The van der Waals surface area contributed by atoms with Gasteiger partial charge in [0.1, 0.15) is 11.5 Å². The topological polar surface area (TPSA) is 76.7 Å². The maximum atomic E-state index is 12.3. The standard InChI is InChI=1S/C20H24N2O4S/c1-4-26-16-11-9-15(10-12-16)21-19(23)13-27-14(2)20(24)22-17-7-5-6-8-18(17)25-3/h5-12,14H,4,13H2,1-3H3,(H,21,23)(H,22,24). The third kappa shape index (κ3) is 6.53. The number of thioether (sulfide) groups is 1. The number of hydrogen-bond acceptors (Lipinski definition) is 5. The van der Waals surface area contributed by atoms with Gasteiger partial charge in [-0.2, -0.15) is 0 Å². The van der Waals surface area contributed by atoms with E-state index in [0.717, 1.165) is 5.75 Å². The quantitative estimate of drug-likeness (QED) is 0.683. The molecule has 2 aromatic rings. The minimum atomic E-state index is -0.388. The van der Waals surface area contributed by atoms with Crippen LogP contribution in [0.15, 0.2) is 48.5 Å². The molecule has 1 unspecified atom stereocenters. The number of anilines is 2. The molecular formula is C20H24N2O4S. The number of benzene rings is 2. The van der Waals surface area contributed by atoms with Crippen LogP contribution in [-0.2, 0) is 9.59 Å². The Hall–Kier alpha value is -2.67. The number of ether oxygens (including phenoxy) is 2. The van der Waals surface area contributed by atoms with Crippen LogP contribution < -0.4 is 20.1 Å². The Morgan fingerprint density at radius 1 is 1.07 bits per heavy atom. The molecule has 2 N–H and O–H groups in total. The fourth-order valence-electron chi connectivity index (χ4n) is 2.26. The SMILES string of the molecule is CCOc1ccc(NC(=O)CSC(C)C(=O)Nc2ccccc2OC)cc1. The molecule has 0 radical (unpaired) electrons. The summed E-state index contributed by atoms with van der Waals surface area (Å²) in [7, 11) is 1.55. The molecule has 2 amide bonds. The van der Waals surface area contributed by atoms with E-state index in [0.29, 0.717) is 23.7 Å². The van der Waals surface area contributed by atoms with Crippen LogP contribution in [0.2, 0.25) is 0 Å². The summed E-state index contributed by atoms with van der Waals surface area (Å²) in [5, 5.41) is 5.24. The maximum absolute atomic E-state index is 12.3. The summed E-state index contributed by atoms with van der Waals surface area (Å²) >= 11 is 1.27. The number of carbonyl (C=O) groups excluding carboxylic acids is 2. The second-order valence-corrected chi connectivity index (χ2v) is 6.98. The van der Waals surface area contributed by atoms with Crippen LogP contribution in [0.4, 0.5) is 11.4 Å². The van der Waals surface area contributed by atoms with Gasteiger partial charge in [-0.1, -0.05) is 12.1 Å². The summed E-state index contributed by atoms with van der Waals surface area (Å²) < 4.78 is 10.6. The molecule has 0 aliphatic heterocycles. The number of methoxy groups -OCH3 is 1. The monoisotopic (exact) mass is 388 g/mol. The molecule has 7 heteroatoms. The largest absolute Gasteiger partial charge is 0.495 e. The third-order valence-corrected chi connectivity index (χ3v) is 4.79.